The van der Waals surface area contributed by atoms with Crippen LogP contribution in [0, 0.1) is 0 Å². The number of phenolic OH excluding ortho intramolecular Hbond substituents is 1. The number of benzene rings is 3. The summed E-state index contributed by atoms with van der Waals surface area (Å²) in [7, 11) is 0. The zero-order chi connectivity index (χ0) is 19.2. The van der Waals surface area contributed by atoms with Crippen LogP contribution < -0.4 is 10.7 Å². The van der Waals surface area contributed by atoms with Crippen molar-refractivity contribution in [2.24, 2.45) is 5.10 Å². The number of rotatable bonds is 6. The largest absolute Gasteiger partial charge is 0.507 e. The molecule has 0 radical (unpaired) electrons. The molecule has 0 heterocycles. The number of phenols is 1. The Hall–Kier alpha value is -2.86. The number of fused-ring (bicyclic) bond motifs is 1. The molecule has 0 spiro atoms. The predicted molar refractivity (Wildman–Crippen MR) is 113 cm³/mol. The Bertz CT molecular complexity index is 971. The van der Waals surface area contributed by atoms with Crippen LogP contribution in [0.5, 0.6) is 5.75 Å². The molecule has 5 nitrogen and oxygen atoms in total. The van der Waals surface area contributed by atoms with E-state index in [1.807, 2.05) is 61.5 Å². The van der Waals surface area contributed by atoms with Crippen molar-refractivity contribution in [2.45, 2.75) is 19.4 Å². The van der Waals surface area contributed by atoms with Gasteiger partial charge in [0, 0.05) is 15.7 Å². The lowest BCUT2D eigenvalue weighted by Crippen LogP contribution is -2.36. The van der Waals surface area contributed by atoms with Gasteiger partial charge in [-0.3, -0.25) is 4.79 Å². The Morgan fingerprint density at radius 1 is 1.15 bits per heavy atom. The average Bonchev–Trinajstić information content (AvgIpc) is 2.69. The zero-order valence-corrected chi connectivity index (χ0v) is 16.4. The first-order chi connectivity index (χ1) is 13.1. The minimum atomic E-state index is -0.413. The lowest BCUT2D eigenvalue weighted by Gasteiger charge is -2.16. The number of amides is 1. The van der Waals surface area contributed by atoms with E-state index in [0.29, 0.717) is 12.0 Å². The molecule has 3 N–H and O–H groups in total. The van der Waals surface area contributed by atoms with Crippen LogP contribution >= 0.6 is 15.9 Å². The second kappa shape index (κ2) is 8.68. The number of hydrogen-bond donors (Lipinski definition) is 3. The van der Waals surface area contributed by atoms with E-state index in [9.17, 15) is 9.90 Å². The Balaban J connectivity index is 1.70. The molecule has 3 rings (SSSR count). The third-order valence-corrected chi connectivity index (χ3v) is 4.75. The molecule has 0 aliphatic heterocycles. The standard InChI is InChI=1S/C21H20BrN3O2/c1-2-19(24-16-10-8-15(22)9-11-16)21(27)25-23-13-18-17-6-4-3-5-14(17)7-12-20(18)26/h3-13,19,24,26H,2H2,1H3,(H,25,27)/b23-13+/t19-/m0/s1. The average molecular weight is 426 g/mol. The van der Waals surface area contributed by atoms with Crippen LogP contribution in [0.1, 0.15) is 18.9 Å². The fourth-order valence-corrected chi connectivity index (χ4v) is 3.02. The molecule has 1 atom stereocenters. The van der Waals surface area contributed by atoms with Gasteiger partial charge in [-0.15, -0.1) is 0 Å². The Morgan fingerprint density at radius 2 is 1.89 bits per heavy atom. The molecule has 138 valence electrons. The Labute approximate surface area is 166 Å². The summed E-state index contributed by atoms with van der Waals surface area (Å²) < 4.78 is 0.977. The fourth-order valence-electron chi connectivity index (χ4n) is 2.76. The third-order valence-electron chi connectivity index (χ3n) is 4.23. The number of nitrogens with one attached hydrogen (secondary N) is 2. The van der Waals surface area contributed by atoms with Gasteiger partial charge in [0.05, 0.1) is 6.21 Å². The van der Waals surface area contributed by atoms with Gasteiger partial charge >= 0.3 is 0 Å². The molecule has 0 aliphatic carbocycles. The Morgan fingerprint density at radius 3 is 2.63 bits per heavy atom. The summed E-state index contributed by atoms with van der Waals surface area (Å²) in [6.07, 6.45) is 2.08. The highest BCUT2D eigenvalue weighted by molar-refractivity contribution is 9.10. The van der Waals surface area contributed by atoms with E-state index in [1.54, 1.807) is 6.07 Å². The van der Waals surface area contributed by atoms with Crippen LogP contribution in [0.2, 0.25) is 0 Å². The number of hydrazone groups is 1. The number of halogens is 1. The quantitative estimate of drug-likeness (QED) is 0.397. The van der Waals surface area contributed by atoms with Gasteiger partial charge in [-0.25, -0.2) is 5.43 Å². The van der Waals surface area contributed by atoms with Crippen molar-refractivity contribution in [3.05, 3.63) is 70.7 Å². The van der Waals surface area contributed by atoms with Gasteiger partial charge in [-0.2, -0.15) is 5.10 Å². The highest BCUT2D eigenvalue weighted by Crippen LogP contribution is 2.25. The number of nitrogens with zero attached hydrogens (tertiary/aromatic N) is 1. The fraction of sp³-hybridized carbons (Fsp3) is 0.143. The number of carbonyl (C=O) groups is 1. The summed E-state index contributed by atoms with van der Waals surface area (Å²) in [6, 6.07) is 18.4. The van der Waals surface area contributed by atoms with Gasteiger partial charge in [-0.05, 0) is 47.5 Å². The Kier molecular flexibility index (Phi) is 6.08. The van der Waals surface area contributed by atoms with Gasteiger partial charge < -0.3 is 10.4 Å². The van der Waals surface area contributed by atoms with Gasteiger partial charge in [0.1, 0.15) is 11.8 Å². The van der Waals surface area contributed by atoms with Gasteiger partial charge in [0.2, 0.25) is 0 Å². The van der Waals surface area contributed by atoms with E-state index >= 15 is 0 Å². The van der Waals surface area contributed by atoms with Crippen molar-refractivity contribution >= 4 is 44.5 Å². The van der Waals surface area contributed by atoms with Crippen molar-refractivity contribution in [2.75, 3.05) is 5.32 Å². The maximum Gasteiger partial charge on any atom is 0.262 e. The van der Waals surface area contributed by atoms with Crippen molar-refractivity contribution in [3.63, 3.8) is 0 Å². The third kappa shape index (κ3) is 4.65. The molecule has 3 aromatic rings. The zero-order valence-electron chi connectivity index (χ0n) is 14.8. The molecule has 0 bridgehead atoms. The molecule has 0 saturated heterocycles. The molecular weight excluding hydrogens is 406 g/mol. The SMILES string of the molecule is CC[C@H](Nc1ccc(Br)cc1)C(=O)N/N=C/c1c(O)ccc2ccccc12. The first-order valence-electron chi connectivity index (χ1n) is 8.64. The molecule has 0 fully saturated rings. The lowest BCUT2D eigenvalue weighted by molar-refractivity contribution is -0.121. The molecule has 6 heteroatoms. The minimum absolute atomic E-state index is 0.117. The normalized spacial score (nSPS) is 12.2. The van der Waals surface area contributed by atoms with E-state index in [1.165, 1.54) is 6.21 Å². The first-order valence-corrected chi connectivity index (χ1v) is 9.43. The molecule has 0 unspecified atom stereocenters. The van der Waals surface area contributed by atoms with Crippen molar-refractivity contribution in [1.82, 2.24) is 5.43 Å². The second-order valence-electron chi connectivity index (χ2n) is 6.07. The van der Waals surface area contributed by atoms with Crippen LogP contribution in [0.15, 0.2) is 70.2 Å². The van der Waals surface area contributed by atoms with Crippen LogP contribution in [0.3, 0.4) is 0 Å². The summed E-state index contributed by atoms with van der Waals surface area (Å²) in [5.41, 5.74) is 3.98. The molecule has 3 aromatic carbocycles. The lowest BCUT2D eigenvalue weighted by atomic mass is 10.0. The number of anilines is 1. The van der Waals surface area contributed by atoms with Crippen LogP contribution in [0.4, 0.5) is 5.69 Å². The minimum Gasteiger partial charge on any atom is -0.507 e. The smallest absolute Gasteiger partial charge is 0.262 e. The van der Waals surface area contributed by atoms with Crippen molar-refractivity contribution < 1.29 is 9.90 Å². The number of aromatic hydroxyl groups is 1. The molecule has 27 heavy (non-hydrogen) atoms. The van der Waals surface area contributed by atoms with Crippen molar-refractivity contribution in [1.29, 1.82) is 0 Å². The summed E-state index contributed by atoms with van der Waals surface area (Å²) >= 11 is 3.39. The van der Waals surface area contributed by atoms with Crippen LogP contribution in [-0.2, 0) is 4.79 Å². The van der Waals surface area contributed by atoms with Gasteiger partial charge in [-0.1, -0.05) is 53.2 Å². The number of carbonyl (C=O) groups excluding carboxylic acids is 1. The van der Waals surface area contributed by atoms with E-state index in [0.717, 1.165) is 20.9 Å². The van der Waals surface area contributed by atoms with E-state index in [-0.39, 0.29) is 11.7 Å². The van der Waals surface area contributed by atoms with Gasteiger partial charge in [0.25, 0.3) is 5.91 Å². The predicted octanol–water partition coefficient (Wildman–Crippen LogP) is 4.65. The second-order valence-corrected chi connectivity index (χ2v) is 6.98. The van der Waals surface area contributed by atoms with Crippen molar-refractivity contribution in [3.8, 4) is 5.75 Å². The monoisotopic (exact) mass is 425 g/mol. The topological polar surface area (TPSA) is 73.7 Å². The molecule has 0 saturated carbocycles. The first kappa shape index (κ1) is 18.9. The van der Waals surface area contributed by atoms with Crippen LogP contribution in [-0.4, -0.2) is 23.3 Å². The number of hydrogen-bond acceptors (Lipinski definition) is 4. The summed E-state index contributed by atoms with van der Waals surface area (Å²) in [4.78, 5) is 12.4. The molecule has 1 amide bonds. The summed E-state index contributed by atoms with van der Waals surface area (Å²) in [5, 5.41) is 19.2. The van der Waals surface area contributed by atoms with E-state index < -0.39 is 6.04 Å². The summed E-state index contributed by atoms with van der Waals surface area (Å²) in [6.45, 7) is 1.93. The van der Waals surface area contributed by atoms with Crippen LogP contribution in [0.25, 0.3) is 10.8 Å². The molecular formula is C21H20BrN3O2. The van der Waals surface area contributed by atoms with E-state index in [4.69, 9.17) is 0 Å². The maximum atomic E-state index is 12.4. The molecule has 0 aliphatic rings. The van der Waals surface area contributed by atoms with Gasteiger partial charge in [0.15, 0.2) is 0 Å². The molecule has 0 aromatic heterocycles. The highest BCUT2D eigenvalue weighted by atomic mass is 79.9. The van der Waals surface area contributed by atoms with E-state index in [2.05, 4.69) is 31.8 Å². The maximum absolute atomic E-state index is 12.4. The highest BCUT2D eigenvalue weighted by Gasteiger charge is 2.15. The summed E-state index contributed by atoms with van der Waals surface area (Å²) in [5.74, 6) is -0.122.